The van der Waals surface area contributed by atoms with E-state index in [1.807, 2.05) is 30.3 Å². The van der Waals surface area contributed by atoms with E-state index < -0.39 is 27.4 Å². The monoisotopic (exact) mass is 640 g/mol. The Bertz CT molecular complexity index is 1680. The van der Waals surface area contributed by atoms with E-state index in [-0.39, 0.29) is 18.0 Å². The first kappa shape index (κ1) is 29.8. The quantitative estimate of drug-likeness (QED) is 0.239. The minimum Gasteiger partial charge on any atom is -0.481 e. The number of nitrogens with one attached hydrogen (secondary N) is 2. The first-order valence-electron chi connectivity index (χ1n) is 12.5. The number of anilines is 3. The second-order valence-corrected chi connectivity index (χ2v) is 12.9. The van der Waals surface area contributed by atoms with E-state index in [1.165, 1.54) is 13.8 Å². The van der Waals surface area contributed by atoms with Gasteiger partial charge >= 0.3 is 5.97 Å². The van der Waals surface area contributed by atoms with Crippen molar-refractivity contribution in [3.05, 3.63) is 87.9 Å². The summed E-state index contributed by atoms with van der Waals surface area (Å²) in [6, 6.07) is 19.1. The van der Waals surface area contributed by atoms with Gasteiger partial charge in [-0.1, -0.05) is 40.2 Å². The minimum atomic E-state index is -3.87. The number of sulfonamides is 1. The zero-order chi connectivity index (χ0) is 30.1. The standard InChI is InChI=1S/C29H29BrN4O6S/c1-29(2,28(31)38)34(41(3,39)40)21-11-9-20(10-12-21)32-26(18-6-4-5-17(15-18)7-14-24(35)36)25-22-13-8-19(30)16-23(22)33-27(25)37/h4-6,8-13,15-16,32H,7,14H2,1-3H3,(H2,31,38)(H,33,37)(H,35,36)/b26-25-. The van der Waals surface area contributed by atoms with E-state index in [0.717, 1.165) is 20.6 Å². The maximum atomic E-state index is 13.3. The highest BCUT2D eigenvalue weighted by atomic mass is 79.9. The first-order valence-corrected chi connectivity index (χ1v) is 15.2. The summed E-state index contributed by atoms with van der Waals surface area (Å²) in [5.74, 6) is -2.04. The highest BCUT2D eigenvalue weighted by Gasteiger charge is 2.39. The van der Waals surface area contributed by atoms with Crippen LogP contribution in [0.5, 0.6) is 0 Å². The highest BCUT2D eigenvalue weighted by molar-refractivity contribution is 9.10. The van der Waals surface area contributed by atoms with Crippen molar-refractivity contribution in [3.63, 3.8) is 0 Å². The van der Waals surface area contributed by atoms with Crippen molar-refractivity contribution >= 4 is 72.1 Å². The largest absolute Gasteiger partial charge is 0.481 e. The molecule has 1 heterocycles. The number of aliphatic carboxylic acids is 1. The number of fused-ring (bicyclic) bond motifs is 1. The molecule has 4 rings (SSSR count). The van der Waals surface area contributed by atoms with Gasteiger partial charge in [0.05, 0.1) is 28.9 Å². The van der Waals surface area contributed by atoms with Crippen LogP contribution in [0.4, 0.5) is 17.1 Å². The van der Waals surface area contributed by atoms with Crippen LogP contribution in [0.15, 0.2) is 71.2 Å². The Hall–Kier alpha value is -4.16. The van der Waals surface area contributed by atoms with Gasteiger partial charge in [-0.2, -0.15) is 0 Å². The van der Waals surface area contributed by atoms with Gasteiger partial charge in [-0.25, -0.2) is 8.42 Å². The Labute approximate surface area is 246 Å². The van der Waals surface area contributed by atoms with E-state index in [0.29, 0.717) is 40.2 Å². The normalized spacial score (nSPS) is 14.2. The zero-order valence-electron chi connectivity index (χ0n) is 22.6. The fourth-order valence-electron chi connectivity index (χ4n) is 4.66. The molecule has 0 aromatic heterocycles. The third kappa shape index (κ3) is 6.44. The number of rotatable bonds is 10. The summed E-state index contributed by atoms with van der Waals surface area (Å²) in [5, 5.41) is 15.3. The van der Waals surface area contributed by atoms with Crippen LogP contribution >= 0.6 is 15.9 Å². The summed E-state index contributed by atoms with van der Waals surface area (Å²) in [7, 11) is -3.87. The Kier molecular flexibility index (Phi) is 8.27. The van der Waals surface area contributed by atoms with Crippen molar-refractivity contribution in [2.75, 3.05) is 21.2 Å². The van der Waals surface area contributed by atoms with Crippen LogP contribution in [0.3, 0.4) is 0 Å². The number of carboxylic acids is 1. The maximum Gasteiger partial charge on any atom is 0.303 e. The molecule has 1 aliphatic heterocycles. The van der Waals surface area contributed by atoms with Gasteiger partial charge in [0.15, 0.2) is 0 Å². The van der Waals surface area contributed by atoms with Gasteiger partial charge in [-0.15, -0.1) is 0 Å². The number of benzene rings is 3. The number of aryl methyl sites for hydroxylation is 1. The van der Waals surface area contributed by atoms with Crippen molar-refractivity contribution in [1.29, 1.82) is 0 Å². The average molecular weight is 642 g/mol. The Morgan fingerprint density at radius 3 is 2.37 bits per heavy atom. The summed E-state index contributed by atoms with van der Waals surface area (Å²) in [6.07, 6.45) is 1.27. The smallest absolute Gasteiger partial charge is 0.303 e. The molecule has 10 nitrogen and oxygen atoms in total. The van der Waals surface area contributed by atoms with E-state index in [9.17, 15) is 22.8 Å². The fourth-order valence-corrected chi connectivity index (χ4v) is 6.44. The SMILES string of the molecule is CC(C)(C(N)=O)N(c1ccc(N/C(=C2\C(=O)Nc3cc(Br)ccc32)c2cccc(CCC(=O)O)c2)cc1)S(C)(=O)=O. The van der Waals surface area contributed by atoms with Gasteiger partial charge in [0.25, 0.3) is 5.91 Å². The van der Waals surface area contributed by atoms with Gasteiger partial charge < -0.3 is 21.5 Å². The molecule has 0 radical (unpaired) electrons. The van der Waals surface area contributed by atoms with E-state index in [1.54, 1.807) is 36.4 Å². The number of carboxylic acid groups (broad SMARTS) is 1. The van der Waals surface area contributed by atoms with Crippen molar-refractivity contribution in [1.82, 2.24) is 0 Å². The van der Waals surface area contributed by atoms with Gasteiger partial charge in [0, 0.05) is 22.1 Å². The second kappa shape index (κ2) is 11.4. The zero-order valence-corrected chi connectivity index (χ0v) is 25.0. The van der Waals surface area contributed by atoms with Crippen LogP contribution in [0.1, 0.15) is 37.0 Å². The van der Waals surface area contributed by atoms with Crippen LogP contribution in [0, 0.1) is 0 Å². The van der Waals surface area contributed by atoms with Gasteiger partial charge in [0.1, 0.15) is 5.54 Å². The van der Waals surface area contributed by atoms with E-state index >= 15 is 0 Å². The highest BCUT2D eigenvalue weighted by Crippen LogP contribution is 2.39. The lowest BCUT2D eigenvalue weighted by Crippen LogP contribution is -2.55. The minimum absolute atomic E-state index is 0.0416. The Morgan fingerprint density at radius 2 is 1.76 bits per heavy atom. The van der Waals surface area contributed by atoms with Gasteiger partial charge in [-0.3, -0.25) is 18.7 Å². The Balaban J connectivity index is 1.81. The summed E-state index contributed by atoms with van der Waals surface area (Å²) in [4.78, 5) is 36.5. The predicted octanol–water partition coefficient (Wildman–Crippen LogP) is 4.43. The molecule has 0 spiro atoms. The Morgan fingerprint density at radius 1 is 1.07 bits per heavy atom. The number of nitrogens with zero attached hydrogens (tertiary/aromatic N) is 1. The van der Waals surface area contributed by atoms with Crippen LogP contribution in [-0.2, 0) is 30.8 Å². The van der Waals surface area contributed by atoms with Crippen LogP contribution < -0.4 is 20.7 Å². The molecule has 2 amide bonds. The van der Waals surface area contributed by atoms with Crippen LogP contribution in [0.2, 0.25) is 0 Å². The number of carbonyl (C=O) groups is 3. The molecule has 0 saturated heterocycles. The molecule has 5 N–H and O–H groups in total. The van der Waals surface area contributed by atoms with Crippen molar-refractivity contribution < 1.29 is 27.9 Å². The van der Waals surface area contributed by atoms with E-state index in [2.05, 4.69) is 26.6 Å². The lowest BCUT2D eigenvalue weighted by atomic mass is 9.97. The number of halogens is 1. The lowest BCUT2D eigenvalue weighted by Gasteiger charge is -2.35. The number of hydrogen-bond donors (Lipinski definition) is 4. The molecule has 0 atom stereocenters. The summed E-state index contributed by atoms with van der Waals surface area (Å²) < 4.78 is 27.0. The van der Waals surface area contributed by atoms with E-state index in [4.69, 9.17) is 10.8 Å². The van der Waals surface area contributed by atoms with Crippen molar-refractivity contribution in [2.24, 2.45) is 5.73 Å². The van der Waals surface area contributed by atoms with Crippen LogP contribution in [0.25, 0.3) is 11.3 Å². The first-order chi connectivity index (χ1) is 19.2. The number of amides is 2. The van der Waals surface area contributed by atoms with Gasteiger partial charge in [-0.05, 0) is 73.9 Å². The third-order valence-electron chi connectivity index (χ3n) is 6.63. The summed E-state index contributed by atoms with van der Waals surface area (Å²) in [5.41, 5.74) is 8.38. The molecule has 3 aromatic carbocycles. The molecule has 214 valence electrons. The van der Waals surface area contributed by atoms with Crippen LogP contribution in [-0.4, -0.2) is 43.1 Å². The fraction of sp³-hybridized carbons (Fsp3) is 0.207. The molecule has 12 heteroatoms. The topological polar surface area (TPSA) is 159 Å². The number of hydrogen-bond acceptors (Lipinski definition) is 6. The average Bonchev–Trinajstić information content (AvgIpc) is 3.20. The molecular weight excluding hydrogens is 612 g/mol. The predicted molar refractivity (Wildman–Crippen MR) is 163 cm³/mol. The number of nitrogens with two attached hydrogens (primary N) is 1. The van der Waals surface area contributed by atoms with Crippen molar-refractivity contribution in [2.45, 2.75) is 32.2 Å². The summed E-state index contributed by atoms with van der Waals surface area (Å²) >= 11 is 3.43. The summed E-state index contributed by atoms with van der Waals surface area (Å²) in [6.45, 7) is 2.85. The molecular formula is C29H29BrN4O6S. The molecule has 41 heavy (non-hydrogen) atoms. The third-order valence-corrected chi connectivity index (χ3v) is 8.46. The molecule has 1 aliphatic rings. The molecule has 0 fully saturated rings. The van der Waals surface area contributed by atoms with Crippen molar-refractivity contribution in [3.8, 4) is 0 Å². The molecule has 0 unspecified atom stereocenters. The lowest BCUT2D eigenvalue weighted by molar-refractivity contribution is -0.137. The molecule has 3 aromatic rings. The number of carbonyl (C=O) groups excluding carboxylic acids is 2. The second-order valence-electron chi connectivity index (χ2n) is 10.1. The van der Waals surface area contributed by atoms with Gasteiger partial charge in [0.2, 0.25) is 15.9 Å². The number of primary amides is 1. The molecule has 0 saturated carbocycles. The molecule has 0 bridgehead atoms. The maximum absolute atomic E-state index is 13.3. The molecule has 0 aliphatic carbocycles.